The fraction of sp³-hybridized carbons (Fsp3) is 0.214. The summed E-state index contributed by atoms with van der Waals surface area (Å²) in [5.74, 6) is -1.17. The minimum absolute atomic E-state index is 0.0568. The van der Waals surface area contributed by atoms with Gasteiger partial charge in [-0.05, 0) is 32.9 Å². The van der Waals surface area contributed by atoms with Gasteiger partial charge in [-0.2, -0.15) is 0 Å². The van der Waals surface area contributed by atoms with Crippen LogP contribution in [0.15, 0.2) is 21.0 Å². The molecule has 2 aromatic rings. The summed E-state index contributed by atoms with van der Waals surface area (Å²) in [6.45, 7) is 4.48. The molecule has 0 aliphatic carbocycles. The third-order valence-corrected chi connectivity index (χ3v) is 2.87. The standard InChI is InChI=1S/C14H14N2O5/c1-6-4-5-9(20-6)13(19)16-14-11(12(15)18)10(7(2)17)8(3)21-14/h4-5H,1-3H3,(H2,15,18)(H,16,19). The van der Waals surface area contributed by atoms with Gasteiger partial charge in [-0.3, -0.25) is 19.7 Å². The predicted molar refractivity (Wildman–Crippen MR) is 73.4 cm³/mol. The summed E-state index contributed by atoms with van der Waals surface area (Å²) in [6, 6.07) is 3.11. The molecule has 2 aromatic heterocycles. The number of carbonyl (C=O) groups is 3. The van der Waals surface area contributed by atoms with Gasteiger partial charge in [0.2, 0.25) is 5.88 Å². The molecular weight excluding hydrogens is 276 g/mol. The van der Waals surface area contributed by atoms with Crippen LogP contribution in [0.2, 0.25) is 0 Å². The van der Waals surface area contributed by atoms with Gasteiger partial charge in [-0.1, -0.05) is 0 Å². The molecule has 0 atom stereocenters. The van der Waals surface area contributed by atoms with Gasteiger partial charge in [0.05, 0.1) is 5.56 Å². The number of hydrogen-bond acceptors (Lipinski definition) is 5. The molecule has 21 heavy (non-hydrogen) atoms. The van der Waals surface area contributed by atoms with E-state index in [-0.39, 0.29) is 34.3 Å². The number of carbonyl (C=O) groups excluding carboxylic acids is 3. The van der Waals surface area contributed by atoms with Crippen LogP contribution in [-0.2, 0) is 0 Å². The summed E-state index contributed by atoms with van der Waals surface area (Å²) in [5, 5.41) is 2.39. The minimum atomic E-state index is -0.858. The zero-order valence-electron chi connectivity index (χ0n) is 11.8. The van der Waals surface area contributed by atoms with Crippen LogP contribution in [0.4, 0.5) is 5.88 Å². The Balaban J connectivity index is 2.41. The lowest BCUT2D eigenvalue weighted by molar-refractivity contribution is 0.0973. The molecule has 7 nitrogen and oxygen atoms in total. The van der Waals surface area contributed by atoms with Crippen molar-refractivity contribution in [2.75, 3.05) is 5.32 Å². The molecule has 0 aliphatic rings. The summed E-state index contributed by atoms with van der Waals surface area (Å²) in [6.07, 6.45) is 0. The molecule has 0 unspecified atom stereocenters. The molecule has 2 amide bonds. The fourth-order valence-corrected chi connectivity index (χ4v) is 2.01. The molecule has 2 heterocycles. The van der Waals surface area contributed by atoms with E-state index in [2.05, 4.69) is 5.32 Å². The van der Waals surface area contributed by atoms with Crippen molar-refractivity contribution < 1.29 is 23.2 Å². The van der Waals surface area contributed by atoms with Crippen molar-refractivity contribution in [1.82, 2.24) is 0 Å². The van der Waals surface area contributed by atoms with Crippen molar-refractivity contribution in [3.8, 4) is 0 Å². The Bertz CT molecular complexity index is 739. The van der Waals surface area contributed by atoms with Crippen LogP contribution in [-0.4, -0.2) is 17.6 Å². The molecule has 0 aromatic carbocycles. The van der Waals surface area contributed by atoms with E-state index >= 15 is 0 Å². The second-order valence-corrected chi connectivity index (χ2v) is 4.52. The van der Waals surface area contributed by atoms with Gasteiger partial charge in [0.15, 0.2) is 11.5 Å². The molecule has 0 saturated carbocycles. The third kappa shape index (κ3) is 2.71. The van der Waals surface area contributed by atoms with Crippen molar-refractivity contribution in [3.63, 3.8) is 0 Å². The molecule has 0 saturated heterocycles. The quantitative estimate of drug-likeness (QED) is 0.836. The number of hydrogen-bond donors (Lipinski definition) is 2. The number of Topliss-reactive ketones (excluding diaryl/α,β-unsaturated/α-hetero) is 1. The van der Waals surface area contributed by atoms with E-state index in [0.29, 0.717) is 5.76 Å². The normalized spacial score (nSPS) is 10.4. The average Bonchev–Trinajstić information content (AvgIpc) is 2.93. The number of furan rings is 2. The Morgan fingerprint density at radius 2 is 1.76 bits per heavy atom. The minimum Gasteiger partial charge on any atom is -0.456 e. The van der Waals surface area contributed by atoms with Crippen molar-refractivity contribution >= 4 is 23.5 Å². The highest BCUT2D eigenvalue weighted by molar-refractivity contribution is 6.13. The molecule has 2 rings (SSSR count). The number of aryl methyl sites for hydroxylation is 2. The highest BCUT2D eigenvalue weighted by Gasteiger charge is 2.26. The molecule has 0 bridgehead atoms. The topological polar surface area (TPSA) is 116 Å². The van der Waals surface area contributed by atoms with E-state index in [1.165, 1.54) is 19.9 Å². The van der Waals surface area contributed by atoms with Crippen molar-refractivity contribution in [3.05, 3.63) is 40.5 Å². The summed E-state index contributed by atoms with van der Waals surface area (Å²) in [4.78, 5) is 35.1. The second-order valence-electron chi connectivity index (χ2n) is 4.52. The Kier molecular flexibility index (Phi) is 3.66. The Morgan fingerprint density at radius 3 is 2.24 bits per heavy atom. The van der Waals surface area contributed by atoms with Crippen molar-refractivity contribution in [1.29, 1.82) is 0 Å². The first-order valence-corrected chi connectivity index (χ1v) is 6.13. The largest absolute Gasteiger partial charge is 0.456 e. The number of anilines is 1. The molecular formula is C14H14N2O5. The summed E-state index contributed by atoms with van der Waals surface area (Å²) in [5.41, 5.74) is 5.18. The summed E-state index contributed by atoms with van der Waals surface area (Å²) in [7, 11) is 0. The van der Waals surface area contributed by atoms with E-state index < -0.39 is 11.8 Å². The lowest BCUT2D eigenvalue weighted by Gasteiger charge is -2.01. The number of ketones is 1. The van der Waals surface area contributed by atoms with E-state index in [0.717, 1.165) is 0 Å². The first kappa shape index (κ1) is 14.6. The van der Waals surface area contributed by atoms with Crippen LogP contribution in [0.3, 0.4) is 0 Å². The van der Waals surface area contributed by atoms with Gasteiger partial charge in [0.1, 0.15) is 17.1 Å². The maximum Gasteiger partial charge on any atom is 0.293 e. The average molecular weight is 290 g/mol. The van der Waals surface area contributed by atoms with Gasteiger partial charge in [0.25, 0.3) is 11.8 Å². The SMILES string of the molecule is CC(=O)c1c(C)oc(NC(=O)c2ccc(C)o2)c1C(N)=O. The van der Waals surface area contributed by atoms with Gasteiger partial charge < -0.3 is 14.6 Å². The lowest BCUT2D eigenvalue weighted by Crippen LogP contribution is -2.18. The molecule has 0 spiro atoms. The maximum atomic E-state index is 12.0. The number of rotatable bonds is 4. The molecule has 0 fully saturated rings. The second kappa shape index (κ2) is 5.28. The van der Waals surface area contributed by atoms with Crippen molar-refractivity contribution in [2.24, 2.45) is 5.73 Å². The molecule has 0 aliphatic heterocycles. The van der Waals surface area contributed by atoms with Gasteiger partial charge in [0, 0.05) is 0 Å². The van der Waals surface area contributed by atoms with Crippen LogP contribution in [0.1, 0.15) is 49.7 Å². The van der Waals surface area contributed by atoms with E-state index in [1.54, 1.807) is 13.0 Å². The predicted octanol–water partition coefficient (Wildman–Crippen LogP) is 2.04. The first-order valence-electron chi connectivity index (χ1n) is 6.13. The van der Waals surface area contributed by atoms with Gasteiger partial charge in [-0.15, -0.1) is 0 Å². The Labute approximate surface area is 120 Å². The molecule has 0 radical (unpaired) electrons. The summed E-state index contributed by atoms with van der Waals surface area (Å²) >= 11 is 0. The van der Waals surface area contributed by atoms with Crippen LogP contribution in [0, 0.1) is 13.8 Å². The highest BCUT2D eigenvalue weighted by Crippen LogP contribution is 2.27. The monoisotopic (exact) mass is 290 g/mol. The van der Waals surface area contributed by atoms with Gasteiger partial charge >= 0.3 is 0 Å². The van der Waals surface area contributed by atoms with E-state index in [9.17, 15) is 14.4 Å². The van der Waals surface area contributed by atoms with Gasteiger partial charge in [-0.25, -0.2) is 0 Å². The Hall–Kier alpha value is -2.83. The maximum absolute atomic E-state index is 12.0. The third-order valence-electron chi connectivity index (χ3n) is 2.87. The highest BCUT2D eigenvalue weighted by atomic mass is 16.4. The van der Waals surface area contributed by atoms with E-state index in [1.807, 2.05) is 0 Å². The van der Waals surface area contributed by atoms with Crippen LogP contribution in [0.5, 0.6) is 0 Å². The number of amides is 2. The van der Waals surface area contributed by atoms with Crippen LogP contribution in [0.25, 0.3) is 0 Å². The van der Waals surface area contributed by atoms with Crippen molar-refractivity contribution in [2.45, 2.75) is 20.8 Å². The fourth-order valence-electron chi connectivity index (χ4n) is 2.01. The van der Waals surface area contributed by atoms with Crippen LogP contribution < -0.4 is 11.1 Å². The van der Waals surface area contributed by atoms with Crippen LogP contribution >= 0.6 is 0 Å². The Morgan fingerprint density at radius 1 is 1.10 bits per heavy atom. The molecule has 110 valence electrons. The number of primary amides is 1. The zero-order chi connectivity index (χ0) is 15.7. The molecule has 7 heteroatoms. The van der Waals surface area contributed by atoms with E-state index in [4.69, 9.17) is 14.6 Å². The smallest absolute Gasteiger partial charge is 0.293 e. The zero-order valence-corrected chi connectivity index (χ0v) is 11.8. The number of nitrogens with two attached hydrogens (primary N) is 1. The first-order chi connectivity index (χ1) is 9.81. The molecule has 3 N–H and O–H groups in total. The lowest BCUT2D eigenvalue weighted by atomic mass is 10.1. The summed E-state index contributed by atoms with van der Waals surface area (Å²) < 4.78 is 10.4. The number of nitrogens with one attached hydrogen (secondary N) is 1.